The molecule has 1 saturated heterocycles. The van der Waals surface area contributed by atoms with Gasteiger partial charge in [-0.05, 0) is 58.0 Å². The molecule has 1 aromatic heterocycles. The molecule has 1 amide bonds. The third kappa shape index (κ3) is 5.22. The standard InChI is InChI=1S/C22H29FN4O3S/c1-16(21(28)25-18-7-5-6-17(23)14-18)26-10-12-27(13-11-26)19-8-9-20(24-15-19)31(29,30)22(2,3)4/h5-9,14-16H,10-13H2,1-4H3,(H,25,28). The summed E-state index contributed by atoms with van der Waals surface area (Å²) in [5.74, 6) is -0.577. The van der Waals surface area contributed by atoms with Gasteiger partial charge in [0, 0.05) is 31.9 Å². The molecule has 9 heteroatoms. The normalized spacial score (nSPS) is 16.7. The van der Waals surface area contributed by atoms with E-state index in [9.17, 15) is 17.6 Å². The van der Waals surface area contributed by atoms with Crippen molar-refractivity contribution in [3.05, 3.63) is 48.4 Å². The molecule has 1 aromatic carbocycles. The van der Waals surface area contributed by atoms with Crippen LogP contribution in [0, 0.1) is 5.82 Å². The van der Waals surface area contributed by atoms with Crippen LogP contribution in [-0.4, -0.2) is 61.2 Å². The first-order chi connectivity index (χ1) is 14.5. The third-order valence-electron chi connectivity index (χ3n) is 5.50. The number of carbonyl (C=O) groups is 1. The number of amides is 1. The fraction of sp³-hybridized carbons (Fsp3) is 0.455. The average Bonchev–Trinajstić information content (AvgIpc) is 2.72. The van der Waals surface area contributed by atoms with Crippen LogP contribution in [0.5, 0.6) is 0 Å². The van der Waals surface area contributed by atoms with Crippen LogP contribution in [0.4, 0.5) is 15.8 Å². The van der Waals surface area contributed by atoms with Gasteiger partial charge in [-0.2, -0.15) is 0 Å². The number of piperazine rings is 1. The summed E-state index contributed by atoms with van der Waals surface area (Å²) in [6.45, 7) is 9.50. The first-order valence-electron chi connectivity index (χ1n) is 10.2. The van der Waals surface area contributed by atoms with Gasteiger partial charge in [0.25, 0.3) is 0 Å². The summed E-state index contributed by atoms with van der Waals surface area (Å²) in [4.78, 5) is 20.9. The maximum atomic E-state index is 13.3. The van der Waals surface area contributed by atoms with E-state index in [1.807, 2.05) is 6.92 Å². The second-order valence-corrected chi connectivity index (χ2v) is 11.3. The fourth-order valence-electron chi connectivity index (χ4n) is 3.38. The molecule has 1 N–H and O–H groups in total. The number of hydrogen-bond donors (Lipinski definition) is 1. The molecular weight excluding hydrogens is 419 g/mol. The molecule has 0 aliphatic carbocycles. The molecule has 1 aliphatic rings. The van der Waals surface area contributed by atoms with Crippen LogP contribution in [0.25, 0.3) is 0 Å². The van der Waals surface area contributed by atoms with Crippen molar-refractivity contribution in [2.24, 2.45) is 0 Å². The Kier molecular flexibility index (Phi) is 6.66. The summed E-state index contributed by atoms with van der Waals surface area (Å²) in [5.41, 5.74) is 1.29. The minimum atomic E-state index is -3.49. The molecule has 0 spiro atoms. The van der Waals surface area contributed by atoms with Crippen molar-refractivity contribution < 1.29 is 17.6 Å². The molecule has 2 aromatic rings. The first kappa shape index (κ1) is 23.1. The van der Waals surface area contributed by atoms with E-state index < -0.39 is 20.4 Å². The van der Waals surface area contributed by atoms with E-state index in [-0.39, 0.29) is 17.0 Å². The summed E-state index contributed by atoms with van der Waals surface area (Å²) in [5, 5.41) is 2.83. The van der Waals surface area contributed by atoms with Crippen LogP contribution in [-0.2, 0) is 14.6 Å². The monoisotopic (exact) mass is 448 g/mol. The van der Waals surface area contributed by atoms with E-state index in [0.29, 0.717) is 31.9 Å². The minimum Gasteiger partial charge on any atom is -0.368 e. The highest BCUT2D eigenvalue weighted by molar-refractivity contribution is 7.92. The molecule has 1 aliphatic heterocycles. The van der Waals surface area contributed by atoms with Gasteiger partial charge in [-0.3, -0.25) is 9.69 Å². The quantitative estimate of drug-likeness (QED) is 0.757. The predicted molar refractivity (Wildman–Crippen MR) is 119 cm³/mol. The Balaban J connectivity index is 1.58. The van der Waals surface area contributed by atoms with Crippen LogP contribution in [0.2, 0.25) is 0 Å². The van der Waals surface area contributed by atoms with Gasteiger partial charge in [0.05, 0.1) is 22.7 Å². The Labute approximate surface area is 183 Å². The van der Waals surface area contributed by atoms with Crippen molar-refractivity contribution in [2.75, 3.05) is 36.4 Å². The van der Waals surface area contributed by atoms with E-state index in [1.54, 1.807) is 51.2 Å². The second kappa shape index (κ2) is 8.92. The van der Waals surface area contributed by atoms with Crippen molar-refractivity contribution in [1.29, 1.82) is 0 Å². The third-order valence-corrected chi connectivity index (χ3v) is 7.91. The van der Waals surface area contributed by atoms with Crippen molar-refractivity contribution in [1.82, 2.24) is 9.88 Å². The number of hydrogen-bond acceptors (Lipinski definition) is 6. The zero-order valence-corrected chi connectivity index (χ0v) is 19.1. The molecule has 0 radical (unpaired) electrons. The highest BCUT2D eigenvalue weighted by Gasteiger charge is 2.32. The molecule has 1 unspecified atom stereocenters. The average molecular weight is 449 g/mol. The van der Waals surface area contributed by atoms with Crippen LogP contribution in [0.3, 0.4) is 0 Å². The van der Waals surface area contributed by atoms with Crippen molar-refractivity contribution in [2.45, 2.75) is 43.5 Å². The Morgan fingerprint density at radius 3 is 2.35 bits per heavy atom. The lowest BCUT2D eigenvalue weighted by molar-refractivity contribution is -0.120. The van der Waals surface area contributed by atoms with Gasteiger partial charge in [0.15, 0.2) is 14.9 Å². The summed E-state index contributed by atoms with van der Waals surface area (Å²) < 4.78 is 37.5. The Morgan fingerprint density at radius 1 is 1.13 bits per heavy atom. The van der Waals surface area contributed by atoms with Crippen molar-refractivity contribution >= 4 is 27.1 Å². The van der Waals surface area contributed by atoms with Gasteiger partial charge in [0.1, 0.15) is 5.82 Å². The number of pyridine rings is 1. The van der Waals surface area contributed by atoms with E-state index in [2.05, 4.69) is 20.1 Å². The number of anilines is 2. The minimum absolute atomic E-state index is 0.0741. The van der Waals surface area contributed by atoms with Crippen molar-refractivity contribution in [3.8, 4) is 0 Å². The number of carbonyl (C=O) groups excluding carboxylic acids is 1. The van der Waals surface area contributed by atoms with Gasteiger partial charge >= 0.3 is 0 Å². The molecule has 0 bridgehead atoms. The molecule has 2 heterocycles. The topological polar surface area (TPSA) is 82.6 Å². The molecule has 0 saturated carbocycles. The molecule has 3 rings (SSSR count). The number of aromatic nitrogens is 1. The number of nitrogens with zero attached hydrogens (tertiary/aromatic N) is 3. The van der Waals surface area contributed by atoms with E-state index >= 15 is 0 Å². The van der Waals surface area contributed by atoms with E-state index in [1.165, 1.54) is 12.1 Å². The Hall–Kier alpha value is -2.52. The lowest BCUT2D eigenvalue weighted by Gasteiger charge is -2.38. The maximum Gasteiger partial charge on any atom is 0.241 e. The molecule has 1 atom stereocenters. The summed E-state index contributed by atoms with van der Waals surface area (Å²) >= 11 is 0. The zero-order chi connectivity index (χ0) is 22.8. The number of halogens is 1. The van der Waals surface area contributed by atoms with Crippen LogP contribution in [0.1, 0.15) is 27.7 Å². The molecule has 7 nitrogen and oxygen atoms in total. The first-order valence-corrected chi connectivity index (χ1v) is 11.7. The number of sulfone groups is 1. The summed E-state index contributed by atoms with van der Waals surface area (Å²) in [6.07, 6.45) is 1.59. The molecule has 1 fully saturated rings. The van der Waals surface area contributed by atoms with Gasteiger partial charge in [0.2, 0.25) is 5.91 Å². The second-order valence-electron chi connectivity index (χ2n) is 8.67. The van der Waals surface area contributed by atoms with Gasteiger partial charge in [-0.15, -0.1) is 0 Å². The number of benzene rings is 1. The van der Waals surface area contributed by atoms with Crippen LogP contribution >= 0.6 is 0 Å². The largest absolute Gasteiger partial charge is 0.368 e. The highest BCUT2D eigenvalue weighted by Crippen LogP contribution is 2.25. The number of nitrogens with one attached hydrogen (secondary N) is 1. The maximum absolute atomic E-state index is 13.3. The highest BCUT2D eigenvalue weighted by atomic mass is 32.2. The fourth-order valence-corrected chi connectivity index (χ4v) is 4.44. The van der Waals surface area contributed by atoms with Gasteiger partial charge < -0.3 is 10.2 Å². The molecule has 168 valence electrons. The van der Waals surface area contributed by atoms with E-state index in [0.717, 1.165) is 5.69 Å². The summed E-state index contributed by atoms with van der Waals surface area (Å²) in [6, 6.07) is 8.81. The lowest BCUT2D eigenvalue weighted by Crippen LogP contribution is -2.52. The van der Waals surface area contributed by atoms with E-state index in [4.69, 9.17) is 0 Å². The Morgan fingerprint density at radius 2 is 1.81 bits per heavy atom. The zero-order valence-electron chi connectivity index (χ0n) is 18.3. The van der Waals surface area contributed by atoms with Crippen molar-refractivity contribution in [3.63, 3.8) is 0 Å². The molecule has 31 heavy (non-hydrogen) atoms. The van der Waals surface area contributed by atoms with Crippen LogP contribution in [0.15, 0.2) is 47.6 Å². The molecular formula is C22H29FN4O3S. The van der Waals surface area contributed by atoms with Crippen LogP contribution < -0.4 is 10.2 Å². The smallest absolute Gasteiger partial charge is 0.241 e. The number of rotatable bonds is 5. The summed E-state index contributed by atoms with van der Waals surface area (Å²) in [7, 11) is -3.49. The lowest BCUT2D eigenvalue weighted by atomic mass is 10.2. The van der Waals surface area contributed by atoms with Gasteiger partial charge in [-0.1, -0.05) is 6.07 Å². The Bertz CT molecular complexity index is 1030. The predicted octanol–water partition coefficient (Wildman–Crippen LogP) is 2.94. The SMILES string of the molecule is CC(C(=O)Nc1cccc(F)c1)N1CCN(c2ccc(S(=O)(=O)C(C)(C)C)nc2)CC1. The van der Waals surface area contributed by atoms with Gasteiger partial charge in [-0.25, -0.2) is 17.8 Å².